The van der Waals surface area contributed by atoms with Crippen LogP contribution in [-0.2, 0) is 14.2 Å². The summed E-state index contributed by atoms with van der Waals surface area (Å²) >= 11 is 5.74. The molecule has 0 aliphatic carbocycles. The second-order valence-corrected chi connectivity index (χ2v) is 6.34. The maximum absolute atomic E-state index is 11.4. The fraction of sp³-hybridized carbons (Fsp3) is 0.385. The molecule has 0 aliphatic heterocycles. The molecule has 0 saturated heterocycles. The number of halogens is 1. The van der Waals surface area contributed by atoms with E-state index < -0.39 is 31.5 Å². The first-order valence-electron chi connectivity index (χ1n) is 6.40. The van der Waals surface area contributed by atoms with Crippen molar-refractivity contribution in [2.45, 2.75) is 18.5 Å². The number of anilines is 1. The Labute approximate surface area is 132 Å². The lowest BCUT2D eigenvalue weighted by Crippen LogP contribution is -2.32. The van der Waals surface area contributed by atoms with E-state index in [2.05, 4.69) is 5.32 Å². The Morgan fingerprint density at radius 3 is 2.27 bits per heavy atom. The number of nitrogens with one attached hydrogen (secondary N) is 1. The second-order valence-electron chi connectivity index (χ2n) is 4.63. The highest BCUT2D eigenvalue weighted by molar-refractivity contribution is 7.39. The van der Waals surface area contributed by atoms with Crippen LogP contribution < -0.4 is 5.32 Å². The van der Waals surface area contributed by atoms with E-state index in [0.29, 0.717) is 10.7 Å². The van der Waals surface area contributed by atoms with Gasteiger partial charge < -0.3 is 15.5 Å². The Balaban J connectivity index is 2.76. The number of hydrogen-bond acceptors (Lipinski definition) is 4. The molecule has 1 rings (SSSR count). The lowest BCUT2D eigenvalue weighted by Gasteiger charge is -2.15. The molecule has 9 heteroatoms. The summed E-state index contributed by atoms with van der Waals surface area (Å²) in [7, 11) is -2.78. The number of benzene rings is 1. The Bertz CT molecular complexity index is 550. The predicted molar refractivity (Wildman–Crippen MR) is 81.6 cm³/mol. The quantitative estimate of drug-likeness (QED) is 0.505. The van der Waals surface area contributed by atoms with Crippen LogP contribution in [-0.4, -0.2) is 39.2 Å². The van der Waals surface area contributed by atoms with Gasteiger partial charge in [0.15, 0.2) is 0 Å². The summed E-state index contributed by atoms with van der Waals surface area (Å²) in [5.74, 6) is -3.66. The predicted octanol–water partition coefficient (Wildman–Crippen LogP) is 2.42. The van der Waals surface area contributed by atoms with Crippen molar-refractivity contribution in [3.8, 4) is 0 Å². The standard InChI is InChI=1S/C13H15ClNO6P/c14-8-1-3-9(4-2-8)15-7-11(22(20)21)10(13(18)19)5-6-12(16)17/h1-4,10-11,15H,5-7H2,(H2-,16,17,18,19,20,21)/p+1. The molecule has 0 spiro atoms. The van der Waals surface area contributed by atoms with E-state index in [1.165, 1.54) is 0 Å². The van der Waals surface area contributed by atoms with Crippen LogP contribution in [0.2, 0.25) is 5.02 Å². The van der Waals surface area contributed by atoms with Crippen LogP contribution in [0.5, 0.6) is 0 Å². The molecule has 0 heterocycles. The van der Waals surface area contributed by atoms with Crippen LogP contribution in [0.25, 0.3) is 0 Å². The van der Waals surface area contributed by atoms with Gasteiger partial charge in [0.05, 0.1) is 6.54 Å². The fourth-order valence-corrected chi connectivity index (χ4v) is 2.88. The summed E-state index contributed by atoms with van der Waals surface area (Å²) in [6.07, 6.45) is -0.586. The van der Waals surface area contributed by atoms with E-state index >= 15 is 0 Å². The first-order valence-corrected chi connectivity index (χ1v) is 8.06. The summed E-state index contributed by atoms with van der Waals surface area (Å²) in [5, 5.41) is 21.2. The largest absolute Gasteiger partial charge is 0.511 e. The SMILES string of the molecule is O=C(O)CCC(C(=O)O)C(CNc1ccc(Cl)cc1)[P+](=O)O. The van der Waals surface area contributed by atoms with Crippen molar-refractivity contribution in [3.05, 3.63) is 29.3 Å². The van der Waals surface area contributed by atoms with Crippen molar-refractivity contribution >= 4 is 37.3 Å². The van der Waals surface area contributed by atoms with E-state index in [1.54, 1.807) is 24.3 Å². The van der Waals surface area contributed by atoms with Crippen molar-refractivity contribution in [2.24, 2.45) is 5.92 Å². The molecule has 7 nitrogen and oxygen atoms in total. The van der Waals surface area contributed by atoms with Gasteiger partial charge in [-0.2, -0.15) is 4.89 Å². The van der Waals surface area contributed by atoms with Crippen molar-refractivity contribution < 1.29 is 29.3 Å². The minimum absolute atomic E-state index is 0.0656. The summed E-state index contributed by atoms with van der Waals surface area (Å²) in [4.78, 5) is 31.2. The maximum Gasteiger partial charge on any atom is 0.511 e. The van der Waals surface area contributed by atoms with Gasteiger partial charge in [-0.3, -0.25) is 9.59 Å². The van der Waals surface area contributed by atoms with Crippen molar-refractivity contribution in [1.29, 1.82) is 0 Å². The Kier molecular flexibility index (Phi) is 7.24. The van der Waals surface area contributed by atoms with Crippen LogP contribution in [0.3, 0.4) is 0 Å². The van der Waals surface area contributed by atoms with E-state index in [0.717, 1.165) is 0 Å². The molecule has 0 amide bonds. The van der Waals surface area contributed by atoms with Crippen LogP contribution >= 0.6 is 19.6 Å². The molecule has 4 N–H and O–H groups in total. The average Bonchev–Trinajstić information content (AvgIpc) is 2.43. The summed E-state index contributed by atoms with van der Waals surface area (Å²) in [6.45, 7) is -0.0656. The molecule has 3 atom stereocenters. The summed E-state index contributed by atoms with van der Waals surface area (Å²) < 4.78 is 11.4. The van der Waals surface area contributed by atoms with Gasteiger partial charge in [-0.05, 0) is 35.3 Å². The molecule has 0 bridgehead atoms. The van der Waals surface area contributed by atoms with Gasteiger partial charge in [-0.1, -0.05) is 11.6 Å². The molecule has 3 unspecified atom stereocenters. The van der Waals surface area contributed by atoms with E-state index in [9.17, 15) is 19.0 Å². The molecule has 120 valence electrons. The Hall–Kier alpha value is -1.69. The normalized spacial score (nSPS) is 14.0. The fourth-order valence-electron chi connectivity index (χ4n) is 1.92. The van der Waals surface area contributed by atoms with Gasteiger partial charge in [-0.25, -0.2) is 0 Å². The molecule has 0 fully saturated rings. The minimum atomic E-state index is -2.78. The molecule has 0 aliphatic rings. The monoisotopic (exact) mass is 348 g/mol. The average molecular weight is 349 g/mol. The smallest absolute Gasteiger partial charge is 0.481 e. The van der Waals surface area contributed by atoms with Gasteiger partial charge in [0, 0.05) is 17.1 Å². The van der Waals surface area contributed by atoms with Crippen LogP contribution in [0.1, 0.15) is 12.8 Å². The highest BCUT2D eigenvalue weighted by Crippen LogP contribution is 2.32. The zero-order chi connectivity index (χ0) is 16.7. The van der Waals surface area contributed by atoms with Crippen LogP contribution in [0.4, 0.5) is 5.69 Å². The van der Waals surface area contributed by atoms with Crippen LogP contribution in [0, 0.1) is 5.92 Å². The first kappa shape index (κ1) is 18.4. The minimum Gasteiger partial charge on any atom is -0.481 e. The maximum atomic E-state index is 11.4. The lowest BCUT2D eigenvalue weighted by atomic mass is 9.99. The van der Waals surface area contributed by atoms with E-state index in [-0.39, 0.29) is 19.4 Å². The summed E-state index contributed by atoms with van der Waals surface area (Å²) in [6, 6.07) is 6.54. The molecule has 22 heavy (non-hydrogen) atoms. The number of rotatable bonds is 9. The number of carboxylic acids is 2. The zero-order valence-electron chi connectivity index (χ0n) is 11.5. The molecule has 0 saturated carbocycles. The molecule has 1 aromatic rings. The topological polar surface area (TPSA) is 124 Å². The van der Waals surface area contributed by atoms with Crippen molar-refractivity contribution in [1.82, 2.24) is 0 Å². The molecular weight excluding hydrogens is 333 g/mol. The van der Waals surface area contributed by atoms with Gasteiger partial charge in [-0.15, -0.1) is 0 Å². The summed E-state index contributed by atoms with van der Waals surface area (Å²) in [5.41, 5.74) is -0.476. The molecule has 0 aromatic heterocycles. The Morgan fingerprint density at radius 1 is 1.23 bits per heavy atom. The van der Waals surface area contributed by atoms with Crippen molar-refractivity contribution in [3.63, 3.8) is 0 Å². The van der Waals surface area contributed by atoms with Gasteiger partial charge in [0.25, 0.3) is 0 Å². The lowest BCUT2D eigenvalue weighted by molar-refractivity contribution is -0.142. The van der Waals surface area contributed by atoms with Gasteiger partial charge in [0.1, 0.15) is 5.92 Å². The molecule has 1 aromatic carbocycles. The first-order chi connectivity index (χ1) is 10.3. The number of carbonyl (C=O) groups is 2. The third-order valence-corrected chi connectivity index (χ3v) is 4.46. The number of carboxylic acid groups (broad SMARTS) is 2. The van der Waals surface area contributed by atoms with E-state index in [1.807, 2.05) is 0 Å². The highest BCUT2D eigenvalue weighted by atomic mass is 35.5. The zero-order valence-corrected chi connectivity index (χ0v) is 13.1. The molecule has 0 radical (unpaired) electrons. The third-order valence-electron chi connectivity index (χ3n) is 3.09. The third kappa shape index (κ3) is 5.97. The highest BCUT2D eigenvalue weighted by Gasteiger charge is 2.42. The second kappa shape index (κ2) is 8.68. The van der Waals surface area contributed by atoms with Crippen molar-refractivity contribution in [2.75, 3.05) is 11.9 Å². The Morgan fingerprint density at radius 2 is 1.82 bits per heavy atom. The molecular formula is C13H16ClNO6P+. The van der Waals surface area contributed by atoms with E-state index in [4.69, 9.17) is 21.8 Å². The number of aliphatic carboxylic acids is 2. The van der Waals surface area contributed by atoms with Gasteiger partial charge >= 0.3 is 20.0 Å². The van der Waals surface area contributed by atoms with Crippen LogP contribution in [0.15, 0.2) is 24.3 Å². The number of hydrogen-bond donors (Lipinski definition) is 4. The van der Waals surface area contributed by atoms with Gasteiger partial charge in [0.2, 0.25) is 5.66 Å².